The molecule has 12 heteroatoms. The predicted molar refractivity (Wildman–Crippen MR) is 146 cm³/mol. The number of benzene rings is 2. The molecule has 0 aliphatic carbocycles. The van der Waals surface area contributed by atoms with Crippen molar-refractivity contribution >= 4 is 29.8 Å². The number of anilines is 1. The molecule has 1 atom stereocenters. The van der Waals surface area contributed by atoms with E-state index in [1.807, 2.05) is 49.3 Å². The molecule has 12 nitrogen and oxygen atoms in total. The van der Waals surface area contributed by atoms with Crippen molar-refractivity contribution in [2.45, 2.75) is 32.0 Å². The number of amides is 3. The molecule has 0 saturated carbocycles. The average molecular weight is 549 g/mol. The first kappa shape index (κ1) is 28.3. The number of esters is 1. The first-order valence-electron chi connectivity index (χ1n) is 12.6. The smallest absolute Gasteiger partial charge is 0.432 e. The van der Waals surface area contributed by atoms with Gasteiger partial charge < -0.3 is 30.3 Å². The van der Waals surface area contributed by atoms with Gasteiger partial charge >= 0.3 is 18.1 Å². The quantitative estimate of drug-likeness (QED) is 0.380. The number of urea groups is 1. The third-order valence-corrected chi connectivity index (χ3v) is 6.83. The summed E-state index contributed by atoms with van der Waals surface area (Å²) in [5, 5.41) is 19.8. The van der Waals surface area contributed by atoms with Crippen LogP contribution < -0.4 is 10.6 Å². The van der Waals surface area contributed by atoms with Crippen molar-refractivity contribution in [3.8, 4) is 0 Å². The van der Waals surface area contributed by atoms with Gasteiger partial charge in [-0.25, -0.2) is 14.4 Å². The fourth-order valence-electron chi connectivity index (χ4n) is 4.84. The molecule has 0 radical (unpaired) electrons. The summed E-state index contributed by atoms with van der Waals surface area (Å²) in [6, 6.07) is 14.7. The van der Waals surface area contributed by atoms with Crippen LogP contribution in [0.25, 0.3) is 0 Å². The Morgan fingerprint density at radius 1 is 1.05 bits per heavy atom. The fourth-order valence-corrected chi connectivity index (χ4v) is 4.84. The first-order valence-corrected chi connectivity index (χ1v) is 12.6. The lowest BCUT2D eigenvalue weighted by molar-refractivity contribution is 0.0600. The Bertz CT molecular complexity index is 1430. The summed E-state index contributed by atoms with van der Waals surface area (Å²) in [4.78, 5) is 54.0. The normalized spacial score (nSPS) is 14.4. The topological polar surface area (TPSA) is 146 Å². The number of carbonyl (C=O) groups is 4. The number of fused-ring (bicyclic) bond motifs is 1. The van der Waals surface area contributed by atoms with Crippen LogP contribution >= 0.6 is 0 Å². The Labute approximate surface area is 231 Å². The monoisotopic (exact) mass is 548 g/mol. The van der Waals surface area contributed by atoms with Gasteiger partial charge in [0, 0.05) is 17.7 Å². The highest BCUT2D eigenvalue weighted by Gasteiger charge is 2.47. The van der Waals surface area contributed by atoms with E-state index in [2.05, 4.69) is 20.5 Å². The van der Waals surface area contributed by atoms with Crippen molar-refractivity contribution in [3.63, 3.8) is 0 Å². The Balaban J connectivity index is 1.61. The molecule has 0 bridgehead atoms. The maximum atomic E-state index is 13.6. The number of carbonyl (C=O) groups excluding carboxylic acids is 3. The number of carboxylic acid groups (broad SMARTS) is 1. The molecule has 1 aromatic heterocycles. The van der Waals surface area contributed by atoms with Gasteiger partial charge in [-0.3, -0.25) is 4.79 Å². The number of ether oxygens (including phenoxy) is 1. The van der Waals surface area contributed by atoms with E-state index in [0.717, 1.165) is 10.2 Å². The van der Waals surface area contributed by atoms with Gasteiger partial charge in [0.1, 0.15) is 0 Å². The van der Waals surface area contributed by atoms with Gasteiger partial charge in [0.15, 0.2) is 5.82 Å². The molecule has 3 amide bonds. The van der Waals surface area contributed by atoms with Crippen molar-refractivity contribution in [3.05, 3.63) is 82.5 Å². The Morgan fingerprint density at radius 2 is 1.68 bits per heavy atom. The molecule has 3 N–H and O–H groups in total. The molecule has 2 aromatic carbocycles. The van der Waals surface area contributed by atoms with E-state index in [0.29, 0.717) is 12.1 Å². The zero-order chi connectivity index (χ0) is 29.2. The minimum atomic E-state index is -1.34. The van der Waals surface area contributed by atoms with Gasteiger partial charge in [0.25, 0.3) is 5.91 Å². The van der Waals surface area contributed by atoms with E-state index < -0.39 is 23.5 Å². The van der Waals surface area contributed by atoms with Crippen LogP contribution in [0.4, 0.5) is 15.4 Å². The van der Waals surface area contributed by atoms with Gasteiger partial charge in [0.05, 0.1) is 36.5 Å². The van der Waals surface area contributed by atoms with E-state index in [9.17, 15) is 24.3 Å². The Kier molecular flexibility index (Phi) is 7.91. The molecule has 1 aliphatic rings. The molecule has 1 aliphatic heterocycles. The van der Waals surface area contributed by atoms with Gasteiger partial charge in [0.2, 0.25) is 0 Å². The lowest BCUT2D eigenvalue weighted by atomic mass is 10.0. The van der Waals surface area contributed by atoms with E-state index in [1.54, 1.807) is 13.8 Å². The van der Waals surface area contributed by atoms with E-state index >= 15 is 0 Å². The number of aromatic nitrogens is 2. The molecule has 0 fully saturated rings. The predicted octanol–water partition coefficient (Wildman–Crippen LogP) is 3.51. The second-order valence-electron chi connectivity index (χ2n) is 10.2. The zero-order valence-electron chi connectivity index (χ0n) is 23.0. The molecule has 40 heavy (non-hydrogen) atoms. The van der Waals surface area contributed by atoms with Crippen LogP contribution in [0.3, 0.4) is 0 Å². The van der Waals surface area contributed by atoms with Crippen LogP contribution in [-0.4, -0.2) is 76.4 Å². The van der Waals surface area contributed by atoms with Crippen molar-refractivity contribution in [2.24, 2.45) is 0 Å². The molecular weight excluding hydrogens is 516 g/mol. The third-order valence-electron chi connectivity index (χ3n) is 6.83. The van der Waals surface area contributed by atoms with Crippen LogP contribution in [0, 0.1) is 0 Å². The summed E-state index contributed by atoms with van der Waals surface area (Å²) < 4.78 is 5.48. The summed E-state index contributed by atoms with van der Waals surface area (Å²) in [6.45, 7) is 4.05. The minimum Gasteiger partial charge on any atom is -0.465 e. The number of likely N-dealkylation sites (N-methyl/N-ethyl adjacent to an activating group) is 1. The summed E-state index contributed by atoms with van der Waals surface area (Å²) >= 11 is 0. The molecular formula is C28H32N6O6. The van der Waals surface area contributed by atoms with E-state index in [-0.39, 0.29) is 41.3 Å². The van der Waals surface area contributed by atoms with Gasteiger partial charge in [-0.1, -0.05) is 30.3 Å². The number of methoxy groups -OCH3 is 1. The van der Waals surface area contributed by atoms with Crippen molar-refractivity contribution < 1.29 is 29.0 Å². The van der Waals surface area contributed by atoms with Crippen LogP contribution in [0.1, 0.15) is 57.4 Å². The molecule has 0 spiro atoms. The number of rotatable bonds is 7. The lowest BCUT2D eigenvalue weighted by Gasteiger charge is -2.34. The number of nitrogens with zero attached hydrogens (tertiary/aromatic N) is 4. The largest absolute Gasteiger partial charge is 0.465 e. The molecule has 2 heterocycles. The van der Waals surface area contributed by atoms with Crippen molar-refractivity contribution in [1.29, 1.82) is 0 Å². The van der Waals surface area contributed by atoms with Crippen LogP contribution in [0.5, 0.6) is 0 Å². The highest BCUT2D eigenvalue weighted by atomic mass is 16.5. The molecule has 3 aromatic rings. The molecule has 210 valence electrons. The van der Waals surface area contributed by atoms with E-state index in [1.165, 1.54) is 36.3 Å². The zero-order valence-corrected chi connectivity index (χ0v) is 23.0. The van der Waals surface area contributed by atoms with Gasteiger partial charge in [-0.15, -0.1) is 5.10 Å². The maximum Gasteiger partial charge on any atom is 0.432 e. The van der Waals surface area contributed by atoms with Crippen molar-refractivity contribution in [2.75, 3.05) is 33.1 Å². The van der Waals surface area contributed by atoms with Crippen molar-refractivity contribution in [1.82, 2.24) is 24.9 Å². The Hall–Kier alpha value is -4.71. The number of nitrogens with one attached hydrogen (secondary N) is 2. The summed E-state index contributed by atoms with van der Waals surface area (Å²) in [6.07, 6.45) is -1.34. The van der Waals surface area contributed by atoms with E-state index in [4.69, 9.17) is 0 Å². The molecule has 0 saturated heterocycles. The molecule has 4 rings (SSSR count). The van der Waals surface area contributed by atoms with Crippen LogP contribution in [0.15, 0.2) is 54.6 Å². The highest BCUT2D eigenvalue weighted by molar-refractivity contribution is 6.05. The summed E-state index contributed by atoms with van der Waals surface area (Å²) in [5.74, 6) is -1.05. The van der Waals surface area contributed by atoms with Crippen LogP contribution in [0.2, 0.25) is 0 Å². The maximum absolute atomic E-state index is 13.6. The summed E-state index contributed by atoms with van der Waals surface area (Å²) in [5.41, 5.74) is 1.09. The number of hydrogen-bond acceptors (Lipinski definition) is 7. The first-order chi connectivity index (χ1) is 18.9. The summed E-state index contributed by atoms with van der Waals surface area (Å²) in [7, 11) is 5.09. The van der Waals surface area contributed by atoms with Crippen LogP contribution in [-0.2, 0) is 16.8 Å². The minimum absolute atomic E-state index is 0.0296. The third kappa shape index (κ3) is 5.52. The standard InChI is InChI=1S/C28H32N6O6/c1-28(2)22-20(15-33(28)26(37)29-21(16-32(3)4)17-9-7-6-8-10-17)23(31-34(22)27(38)39)30-24(35)18-11-13-19(14-12-18)25(36)40-5/h6-14,21H,15-16H2,1-5H3,(H,29,37)(H,38,39)(H,30,31,35)/t21-/m1/s1. The molecule has 0 unspecified atom stereocenters. The average Bonchev–Trinajstić information content (AvgIpc) is 3.43. The second-order valence-corrected chi connectivity index (χ2v) is 10.2. The Morgan fingerprint density at radius 3 is 2.25 bits per heavy atom. The number of hydrogen-bond donors (Lipinski definition) is 3. The highest BCUT2D eigenvalue weighted by Crippen LogP contribution is 2.42. The van der Waals surface area contributed by atoms with Gasteiger partial charge in [-0.2, -0.15) is 4.68 Å². The fraction of sp³-hybridized carbons (Fsp3) is 0.321. The second kappa shape index (κ2) is 11.2. The van der Waals surface area contributed by atoms with Gasteiger partial charge in [-0.05, 0) is 57.8 Å². The SMILES string of the molecule is COC(=O)c1ccc(C(=O)Nc2nn(C(=O)O)c3c2CN(C(=O)N[C@H](CN(C)C)c2ccccc2)C3(C)C)cc1. The lowest BCUT2D eigenvalue weighted by Crippen LogP contribution is -2.49.